The van der Waals surface area contributed by atoms with Crippen LogP contribution < -0.4 is 10.0 Å². The Balaban J connectivity index is 2.55. The maximum absolute atomic E-state index is 12.1. The van der Waals surface area contributed by atoms with Crippen molar-refractivity contribution in [3.63, 3.8) is 0 Å². The van der Waals surface area contributed by atoms with Crippen LogP contribution in [0.1, 0.15) is 38.1 Å². The topological polar surface area (TPSA) is 78.5 Å². The number of benzene rings is 1. The summed E-state index contributed by atoms with van der Waals surface area (Å²) in [5.74, 6) is -0.164. The number of sulfonamides is 1. The first-order valence-corrected chi connectivity index (χ1v) is 9.61. The lowest BCUT2D eigenvalue weighted by Gasteiger charge is -2.30. The van der Waals surface area contributed by atoms with Gasteiger partial charge in [0.15, 0.2) is 0 Å². The number of rotatable bonds is 8. The predicted molar refractivity (Wildman–Crippen MR) is 94.2 cm³/mol. The Bertz CT molecular complexity index is 602. The van der Waals surface area contributed by atoms with Gasteiger partial charge in [-0.15, -0.1) is 0 Å². The molecular formula is C16H27N3O3S. The Labute approximate surface area is 139 Å². The molecule has 2 N–H and O–H groups in total. The Morgan fingerprint density at radius 2 is 1.61 bits per heavy atom. The minimum absolute atomic E-state index is 0.164. The molecule has 23 heavy (non-hydrogen) atoms. The number of hydrogen-bond donors (Lipinski definition) is 2. The number of amides is 1. The number of hydrogen-bond acceptors (Lipinski definition) is 4. The summed E-state index contributed by atoms with van der Waals surface area (Å²) in [5.41, 5.74) is 0.944. The van der Waals surface area contributed by atoms with E-state index in [1.54, 1.807) is 24.3 Å². The number of anilines is 1. The average Bonchev–Trinajstić information content (AvgIpc) is 2.41. The third-order valence-electron chi connectivity index (χ3n) is 3.43. The molecule has 0 aromatic heterocycles. The van der Waals surface area contributed by atoms with Crippen LogP contribution in [-0.4, -0.2) is 50.7 Å². The summed E-state index contributed by atoms with van der Waals surface area (Å²) >= 11 is 0. The summed E-state index contributed by atoms with van der Waals surface area (Å²) in [4.78, 5) is 14.4. The van der Waals surface area contributed by atoms with Gasteiger partial charge in [-0.25, -0.2) is 8.42 Å². The highest BCUT2D eigenvalue weighted by Gasteiger charge is 2.13. The maximum atomic E-state index is 12.1. The summed E-state index contributed by atoms with van der Waals surface area (Å²) in [6.07, 6.45) is 1.09. The predicted octanol–water partition coefficient (Wildman–Crippen LogP) is 1.91. The smallest absolute Gasteiger partial charge is 0.251 e. The number of nitrogens with one attached hydrogen (secondary N) is 2. The SMILES string of the molecule is CC(C)N(CCNC(=O)c1ccc(NS(C)(=O)=O)cc1)C(C)C. The fraction of sp³-hybridized carbons (Fsp3) is 0.562. The zero-order valence-electron chi connectivity index (χ0n) is 14.5. The van der Waals surface area contributed by atoms with Crippen LogP contribution in [-0.2, 0) is 10.0 Å². The van der Waals surface area contributed by atoms with Crippen molar-refractivity contribution in [3.05, 3.63) is 29.8 Å². The van der Waals surface area contributed by atoms with Crippen LogP contribution in [0.5, 0.6) is 0 Å². The van der Waals surface area contributed by atoms with Gasteiger partial charge >= 0.3 is 0 Å². The minimum Gasteiger partial charge on any atom is -0.351 e. The summed E-state index contributed by atoms with van der Waals surface area (Å²) in [6, 6.07) is 7.20. The van der Waals surface area contributed by atoms with Crippen molar-refractivity contribution in [2.75, 3.05) is 24.1 Å². The summed E-state index contributed by atoms with van der Waals surface area (Å²) < 4.78 is 24.6. The molecule has 0 atom stereocenters. The molecule has 0 aliphatic heterocycles. The normalized spacial score (nSPS) is 12.0. The van der Waals surface area contributed by atoms with Crippen molar-refractivity contribution in [3.8, 4) is 0 Å². The van der Waals surface area contributed by atoms with E-state index in [1.807, 2.05) is 0 Å². The third-order valence-corrected chi connectivity index (χ3v) is 4.04. The van der Waals surface area contributed by atoms with Crippen molar-refractivity contribution in [2.24, 2.45) is 0 Å². The molecule has 1 rings (SSSR count). The quantitative estimate of drug-likeness (QED) is 0.757. The number of carbonyl (C=O) groups is 1. The van der Waals surface area contributed by atoms with E-state index in [0.717, 1.165) is 12.8 Å². The van der Waals surface area contributed by atoms with Gasteiger partial charge in [-0.2, -0.15) is 0 Å². The molecule has 0 heterocycles. The van der Waals surface area contributed by atoms with Gasteiger partial charge in [0.05, 0.1) is 6.26 Å². The van der Waals surface area contributed by atoms with E-state index in [9.17, 15) is 13.2 Å². The first-order valence-electron chi connectivity index (χ1n) is 7.72. The van der Waals surface area contributed by atoms with Gasteiger partial charge in [-0.1, -0.05) is 0 Å². The molecule has 1 aromatic carbocycles. The van der Waals surface area contributed by atoms with E-state index in [4.69, 9.17) is 0 Å². The van der Waals surface area contributed by atoms with E-state index in [1.165, 1.54) is 0 Å². The monoisotopic (exact) mass is 341 g/mol. The molecule has 6 nitrogen and oxygen atoms in total. The Morgan fingerprint density at radius 1 is 1.09 bits per heavy atom. The van der Waals surface area contributed by atoms with Crippen LogP contribution in [0.4, 0.5) is 5.69 Å². The van der Waals surface area contributed by atoms with Crippen molar-refractivity contribution in [1.29, 1.82) is 0 Å². The van der Waals surface area contributed by atoms with Gasteiger partial charge < -0.3 is 5.32 Å². The molecule has 0 radical (unpaired) electrons. The third kappa shape index (κ3) is 7.00. The highest BCUT2D eigenvalue weighted by atomic mass is 32.2. The lowest BCUT2D eigenvalue weighted by Crippen LogP contribution is -2.42. The molecule has 0 unspecified atom stereocenters. The zero-order valence-corrected chi connectivity index (χ0v) is 15.3. The summed E-state index contributed by atoms with van der Waals surface area (Å²) in [7, 11) is -3.31. The molecule has 0 aliphatic carbocycles. The number of nitrogens with zero attached hydrogens (tertiary/aromatic N) is 1. The standard InChI is InChI=1S/C16H27N3O3S/c1-12(2)19(13(3)4)11-10-17-16(20)14-6-8-15(9-7-14)18-23(5,21)22/h6-9,12-13,18H,10-11H2,1-5H3,(H,17,20). The number of carbonyl (C=O) groups excluding carboxylic acids is 1. The fourth-order valence-electron chi connectivity index (χ4n) is 2.42. The molecule has 0 spiro atoms. The Hall–Kier alpha value is -1.60. The van der Waals surface area contributed by atoms with Crippen molar-refractivity contribution in [2.45, 2.75) is 39.8 Å². The van der Waals surface area contributed by atoms with Gasteiger partial charge in [-0.05, 0) is 52.0 Å². The lowest BCUT2D eigenvalue weighted by atomic mass is 10.2. The molecule has 0 saturated heterocycles. The largest absolute Gasteiger partial charge is 0.351 e. The van der Waals surface area contributed by atoms with Crippen molar-refractivity contribution < 1.29 is 13.2 Å². The second-order valence-corrected chi connectivity index (χ2v) is 7.88. The molecule has 130 valence electrons. The van der Waals surface area contributed by atoms with Crippen LogP contribution in [0.3, 0.4) is 0 Å². The lowest BCUT2D eigenvalue weighted by molar-refractivity contribution is 0.0939. The van der Waals surface area contributed by atoms with E-state index < -0.39 is 10.0 Å². The maximum Gasteiger partial charge on any atom is 0.251 e. The molecule has 7 heteroatoms. The fourth-order valence-corrected chi connectivity index (χ4v) is 2.98. The van der Waals surface area contributed by atoms with Crippen LogP contribution >= 0.6 is 0 Å². The van der Waals surface area contributed by atoms with Gasteiger partial charge in [0, 0.05) is 36.4 Å². The second kappa shape index (κ2) is 8.31. The first kappa shape index (κ1) is 19.4. The van der Waals surface area contributed by atoms with E-state index >= 15 is 0 Å². The molecule has 1 aromatic rings. The first-order chi connectivity index (χ1) is 10.6. The Kier molecular flexibility index (Phi) is 7.02. The summed E-state index contributed by atoms with van der Waals surface area (Å²) in [6.45, 7) is 9.89. The Morgan fingerprint density at radius 3 is 2.04 bits per heavy atom. The van der Waals surface area contributed by atoms with Crippen LogP contribution in [0.15, 0.2) is 24.3 Å². The molecule has 0 saturated carbocycles. The minimum atomic E-state index is -3.31. The second-order valence-electron chi connectivity index (χ2n) is 6.13. The van der Waals surface area contributed by atoms with E-state index in [0.29, 0.717) is 29.9 Å². The molecule has 1 amide bonds. The zero-order chi connectivity index (χ0) is 17.6. The van der Waals surface area contributed by atoms with Crippen molar-refractivity contribution >= 4 is 21.6 Å². The van der Waals surface area contributed by atoms with Gasteiger partial charge in [-0.3, -0.25) is 14.4 Å². The molecule has 0 bridgehead atoms. The van der Waals surface area contributed by atoms with Gasteiger partial charge in [0.2, 0.25) is 10.0 Å². The molecular weight excluding hydrogens is 314 g/mol. The average molecular weight is 341 g/mol. The van der Waals surface area contributed by atoms with Crippen molar-refractivity contribution in [1.82, 2.24) is 10.2 Å². The molecule has 0 aliphatic rings. The van der Waals surface area contributed by atoms with Crippen LogP contribution in [0, 0.1) is 0 Å². The highest BCUT2D eigenvalue weighted by molar-refractivity contribution is 7.92. The highest BCUT2D eigenvalue weighted by Crippen LogP contribution is 2.11. The van der Waals surface area contributed by atoms with Gasteiger partial charge in [0.25, 0.3) is 5.91 Å². The van der Waals surface area contributed by atoms with E-state index in [-0.39, 0.29) is 5.91 Å². The molecule has 0 fully saturated rings. The van der Waals surface area contributed by atoms with Crippen LogP contribution in [0.2, 0.25) is 0 Å². The van der Waals surface area contributed by atoms with E-state index in [2.05, 4.69) is 42.6 Å². The summed E-state index contributed by atoms with van der Waals surface area (Å²) in [5, 5.41) is 2.89. The van der Waals surface area contributed by atoms with Gasteiger partial charge in [0.1, 0.15) is 0 Å². The van der Waals surface area contributed by atoms with Crippen LogP contribution in [0.25, 0.3) is 0 Å².